The Balaban J connectivity index is 1.61. The molecule has 2 aliphatic heterocycles. The van der Waals surface area contributed by atoms with Crippen LogP contribution < -0.4 is 10.6 Å². The molecule has 2 N–H and O–H groups in total. The van der Waals surface area contributed by atoms with E-state index in [1.165, 1.54) is 13.0 Å². The fraction of sp³-hybridized carbons (Fsp3) is 0.941. The van der Waals surface area contributed by atoms with Gasteiger partial charge in [-0.05, 0) is 46.1 Å². The van der Waals surface area contributed by atoms with Crippen molar-refractivity contribution in [1.29, 1.82) is 0 Å². The molecule has 6 heteroatoms. The number of guanidine groups is 1. The highest BCUT2D eigenvalue weighted by atomic mass is 16.5. The van der Waals surface area contributed by atoms with Crippen molar-refractivity contribution in [1.82, 2.24) is 15.5 Å². The van der Waals surface area contributed by atoms with Crippen molar-refractivity contribution >= 4 is 5.96 Å². The summed E-state index contributed by atoms with van der Waals surface area (Å²) in [5, 5.41) is 6.76. The van der Waals surface area contributed by atoms with Crippen molar-refractivity contribution in [2.24, 2.45) is 4.99 Å². The normalized spacial score (nSPS) is 26.4. The highest BCUT2D eigenvalue weighted by molar-refractivity contribution is 5.79. The topological polar surface area (TPSA) is 58.1 Å². The molecule has 2 aliphatic rings. The van der Waals surface area contributed by atoms with E-state index in [0.29, 0.717) is 0 Å². The molecule has 0 aromatic carbocycles. The Bertz CT molecular complexity index is 351. The van der Waals surface area contributed by atoms with Gasteiger partial charge in [-0.3, -0.25) is 9.89 Å². The van der Waals surface area contributed by atoms with Gasteiger partial charge in [-0.15, -0.1) is 0 Å². The van der Waals surface area contributed by atoms with Gasteiger partial charge in [-0.1, -0.05) is 0 Å². The summed E-state index contributed by atoms with van der Waals surface area (Å²) in [5.74, 6) is 0.913. The number of aliphatic imine (C=N–C) groups is 1. The van der Waals surface area contributed by atoms with E-state index in [1.54, 1.807) is 0 Å². The lowest BCUT2D eigenvalue weighted by Crippen LogP contribution is -2.40. The molecule has 0 spiro atoms. The van der Waals surface area contributed by atoms with Gasteiger partial charge in [-0.2, -0.15) is 0 Å². The van der Waals surface area contributed by atoms with E-state index >= 15 is 0 Å². The van der Waals surface area contributed by atoms with Crippen LogP contribution in [0.1, 0.15) is 39.5 Å². The Hall–Kier alpha value is -0.850. The molecule has 1 atom stereocenters. The number of rotatable bonds is 8. The number of ether oxygens (including phenoxy) is 2. The number of nitrogens with zero attached hydrogens (tertiary/aromatic N) is 2. The molecule has 0 aromatic rings. The summed E-state index contributed by atoms with van der Waals surface area (Å²) >= 11 is 0. The Kier molecular flexibility index (Phi) is 8.12. The monoisotopic (exact) mass is 326 g/mol. The highest BCUT2D eigenvalue weighted by Crippen LogP contribution is 2.24. The number of hydrogen-bond acceptors (Lipinski definition) is 4. The quantitative estimate of drug-likeness (QED) is 0.399. The van der Waals surface area contributed by atoms with Crippen LogP contribution >= 0.6 is 0 Å². The van der Waals surface area contributed by atoms with Crippen molar-refractivity contribution in [2.45, 2.75) is 45.1 Å². The third kappa shape index (κ3) is 7.06. The van der Waals surface area contributed by atoms with Gasteiger partial charge in [0.05, 0.1) is 25.4 Å². The van der Waals surface area contributed by atoms with Crippen LogP contribution in [-0.4, -0.2) is 75.5 Å². The molecule has 0 radical (unpaired) electrons. The first-order valence-electron chi connectivity index (χ1n) is 9.18. The largest absolute Gasteiger partial charge is 0.379 e. The number of nitrogens with one attached hydrogen (secondary N) is 2. The van der Waals surface area contributed by atoms with E-state index in [0.717, 1.165) is 77.8 Å². The third-order valence-corrected chi connectivity index (χ3v) is 4.51. The van der Waals surface area contributed by atoms with Crippen molar-refractivity contribution in [3.8, 4) is 0 Å². The van der Waals surface area contributed by atoms with E-state index in [1.807, 2.05) is 0 Å². The molecule has 0 bridgehead atoms. The number of morpholine rings is 1. The van der Waals surface area contributed by atoms with Gasteiger partial charge < -0.3 is 20.1 Å². The maximum absolute atomic E-state index is 5.80. The molecule has 134 valence electrons. The molecule has 0 amide bonds. The fourth-order valence-electron chi connectivity index (χ4n) is 3.04. The highest BCUT2D eigenvalue weighted by Gasteiger charge is 2.29. The number of hydrogen-bond donors (Lipinski definition) is 2. The van der Waals surface area contributed by atoms with Gasteiger partial charge in [0.2, 0.25) is 0 Å². The summed E-state index contributed by atoms with van der Waals surface area (Å²) < 4.78 is 11.2. The molecule has 2 rings (SSSR count). The molecule has 2 fully saturated rings. The van der Waals surface area contributed by atoms with Crippen molar-refractivity contribution in [2.75, 3.05) is 59.1 Å². The molecule has 0 saturated carbocycles. The van der Waals surface area contributed by atoms with Crippen molar-refractivity contribution < 1.29 is 9.47 Å². The predicted molar refractivity (Wildman–Crippen MR) is 94.1 cm³/mol. The first kappa shape index (κ1) is 18.5. The van der Waals surface area contributed by atoms with Crippen molar-refractivity contribution in [3.63, 3.8) is 0 Å². The van der Waals surface area contributed by atoms with E-state index in [4.69, 9.17) is 14.5 Å². The van der Waals surface area contributed by atoms with Crippen LogP contribution in [0.25, 0.3) is 0 Å². The molecule has 6 nitrogen and oxygen atoms in total. The van der Waals surface area contributed by atoms with E-state index in [2.05, 4.69) is 29.4 Å². The van der Waals surface area contributed by atoms with Crippen molar-refractivity contribution in [3.05, 3.63) is 0 Å². The molecule has 2 saturated heterocycles. The smallest absolute Gasteiger partial charge is 0.191 e. The summed E-state index contributed by atoms with van der Waals surface area (Å²) in [6.07, 6.45) is 4.63. The second-order valence-corrected chi connectivity index (χ2v) is 6.68. The standard InChI is InChI=1S/C17H34N4O2/c1-3-18-16(20-15-17(2)7-6-12-23-17)19-8-4-5-9-21-10-13-22-14-11-21/h3-15H2,1-2H3,(H2,18,19,20). The summed E-state index contributed by atoms with van der Waals surface area (Å²) in [6, 6.07) is 0. The summed E-state index contributed by atoms with van der Waals surface area (Å²) in [6.45, 7) is 12.8. The SMILES string of the molecule is CCNC(=NCC1(C)CCCO1)NCCCCN1CCOCC1. The predicted octanol–water partition coefficient (Wildman–Crippen LogP) is 1.22. The Morgan fingerprint density at radius 1 is 1.17 bits per heavy atom. The molecule has 0 aliphatic carbocycles. The molecule has 2 heterocycles. The Morgan fingerprint density at radius 2 is 2.00 bits per heavy atom. The Labute approximate surface area is 141 Å². The third-order valence-electron chi connectivity index (χ3n) is 4.51. The maximum atomic E-state index is 5.80. The molecular formula is C17H34N4O2. The van der Waals surface area contributed by atoms with Gasteiger partial charge in [0, 0.05) is 32.8 Å². The lowest BCUT2D eigenvalue weighted by Gasteiger charge is -2.26. The molecular weight excluding hydrogens is 292 g/mol. The lowest BCUT2D eigenvalue weighted by atomic mass is 10.0. The van der Waals surface area contributed by atoms with Gasteiger partial charge in [0.25, 0.3) is 0 Å². The second kappa shape index (κ2) is 10.1. The van der Waals surface area contributed by atoms with Crippen LogP contribution in [0.5, 0.6) is 0 Å². The average Bonchev–Trinajstić information content (AvgIpc) is 3.00. The van der Waals surface area contributed by atoms with E-state index < -0.39 is 0 Å². The summed E-state index contributed by atoms with van der Waals surface area (Å²) in [5.41, 5.74) is -0.0707. The number of unbranched alkanes of at least 4 members (excludes halogenated alkanes) is 1. The van der Waals surface area contributed by atoms with Crippen LogP contribution in [0.15, 0.2) is 4.99 Å². The van der Waals surface area contributed by atoms with Crippen LogP contribution in [-0.2, 0) is 9.47 Å². The maximum Gasteiger partial charge on any atom is 0.191 e. The molecule has 23 heavy (non-hydrogen) atoms. The van der Waals surface area contributed by atoms with Gasteiger partial charge in [-0.25, -0.2) is 0 Å². The van der Waals surface area contributed by atoms with Gasteiger partial charge in [0.15, 0.2) is 5.96 Å². The van der Waals surface area contributed by atoms with Crippen LogP contribution in [0, 0.1) is 0 Å². The second-order valence-electron chi connectivity index (χ2n) is 6.68. The van der Waals surface area contributed by atoms with E-state index in [-0.39, 0.29) is 5.60 Å². The molecule has 1 unspecified atom stereocenters. The van der Waals surface area contributed by atoms with Gasteiger partial charge in [0.1, 0.15) is 0 Å². The fourth-order valence-corrected chi connectivity index (χ4v) is 3.04. The van der Waals surface area contributed by atoms with Crippen LogP contribution in [0.4, 0.5) is 0 Å². The molecule has 0 aromatic heterocycles. The summed E-state index contributed by atoms with van der Waals surface area (Å²) in [4.78, 5) is 7.18. The average molecular weight is 326 g/mol. The minimum Gasteiger partial charge on any atom is -0.379 e. The zero-order valence-electron chi connectivity index (χ0n) is 14.9. The first-order valence-corrected chi connectivity index (χ1v) is 9.18. The summed E-state index contributed by atoms with van der Waals surface area (Å²) in [7, 11) is 0. The lowest BCUT2D eigenvalue weighted by molar-refractivity contribution is 0.0283. The zero-order chi connectivity index (χ0) is 16.4. The minimum absolute atomic E-state index is 0.0707. The van der Waals surface area contributed by atoms with Gasteiger partial charge >= 0.3 is 0 Å². The van der Waals surface area contributed by atoms with E-state index in [9.17, 15) is 0 Å². The first-order chi connectivity index (χ1) is 11.2. The Morgan fingerprint density at radius 3 is 2.70 bits per heavy atom. The van der Waals surface area contributed by atoms with Crippen LogP contribution in [0.2, 0.25) is 0 Å². The zero-order valence-corrected chi connectivity index (χ0v) is 14.9. The van der Waals surface area contributed by atoms with Crippen LogP contribution in [0.3, 0.4) is 0 Å². The minimum atomic E-state index is -0.0707.